The molecule has 2 aliphatic rings. The molecule has 0 fully saturated rings. The molecular weight excluding hydrogens is 326 g/mol. The third-order valence-electron chi connectivity index (χ3n) is 4.57. The van der Waals surface area contributed by atoms with Gasteiger partial charge in [-0.05, 0) is 49.8 Å². The Bertz CT molecular complexity index is 929. The first-order chi connectivity index (χ1) is 12.6. The normalized spacial score (nSPS) is 16.1. The van der Waals surface area contributed by atoms with Crippen molar-refractivity contribution in [2.24, 2.45) is 0 Å². The summed E-state index contributed by atoms with van der Waals surface area (Å²) in [6.45, 7) is 2.48. The highest BCUT2D eigenvalue weighted by Crippen LogP contribution is 2.31. The molecular formula is C20H23N5O. The van der Waals surface area contributed by atoms with E-state index in [0.29, 0.717) is 12.4 Å². The lowest BCUT2D eigenvalue weighted by Gasteiger charge is -2.22. The van der Waals surface area contributed by atoms with Gasteiger partial charge < -0.3 is 25.6 Å². The monoisotopic (exact) mass is 349 g/mol. The molecule has 2 aliphatic heterocycles. The molecule has 1 aromatic heterocycles. The maximum Gasteiger partial charge on any atom is 0.145 e. The van der Waals surface area contributed by atoms with E-state index in [4.69, 9.17) is 10.5 Å². The Morgan fingerprint density at radius 3 is 3.04 bits per heavy atom. The molecule has 3 N–H and O–H groups in total. The Hall–Kier alpha value is -2.99. The number of pyridine rings is 1. The van der Waals surface area contributed by atoms with Crippen LogP contribution < -0.4 is 11.1 Å². The van der Waals surface area contributed by atoms with Crippen molar-refractivity contribution in [2.75, 3.05) is 44.8 Å². The van der Waals surface area contributed by atoms with Crippen LogP contribution in [-0.4, -0.2) is 48.6 Å². The minimum Gasteiger partial charge on any atom is -0.485 e. The molecule has 0 radical (unpaired) electrons. The van der Waals surface area contributed by atoms with Crippen LogP contribution in [-0.2, 0) is 4.74 Å². The van der Waals surface area contributed by atoms with Crippen molar-refractivity contribution in [3.63, 3.8) is 0 Å². The van der Waals surface area contributed by atoms with E-state index in [1.165, 1.54) is 0 Å². The summed E-state index contributed by atoms with van der Waals surface area (Å²) in [5.74, 6) is 1.47. The number of nitrogens with zero attached hydrogens (tertiary/aromatic N) is 3. The highest BCUT2D eigenvalue weighted by molar-refractivity contribution is 5.93. The van der Waals surface area contributed by atoms with Crippen LogP contribution >= 0.6 is 0 Å². The fraction of sp³-hybridized carbons (Fsp3) is 0.250. The first-order valence-electron chi connectivity index (χ1n) is 8.68. The predicted octanol–water partition coefficient (Wildman–Crippen LogP) is 2.75. The van der Waals surface area contributed by atoms with Crippen LogP contribution in [0.5, 0.6) is 0 Å². The van der Waals surface area contributed by atoms with E-state index in [1.54, 1.807) is 6.20 Å². The number of ether oxygens (including phenoxy) is 1. The molecule has 1 aromatic carbocycles. The summed E-state index contributed by atoms with van der Waals surface area (Å²) >= 11 is 0. The van der Waals surface area contributed by atoms with Crippen molar-refractivity contribution in [3.05, 3.63) is 66.0 Å². The maximum absolute atomic E-state index is 5.93. The third kappa shape index (κ3) is 3.23. The average Bonchev–Trinajstić information content (AvgIpc) is 3.02. The van der Waals surface area contributed by atoms with E-state index in [1.807, 2.05) is 18.2 Å². The minimum atomic E-state index is 0.545. The Morgan fingerprint density at radius 2 is 2.19 bits per heavy atom. The van der Waals surface area contributed by atoms with E-state index >= 15 is 0 Å². The number of fused-ring (bicyclic) bond motifs is 2. The first-order valence-corrected chi connectivity index (χ1v) is 8.68. The van der Waals surface area contributed by atoms with Crippen molar-refractivity contribution < 1.29 is 4.74 Å². The summed E-state index contributed by atoms with van der Waals surface area (Å²) in [6, 6.07) is 8.07. The number of nitrogen functional groups attached to an aromatic ring is 1. The molecule has 134 valence electrons. The molecule has 4 rings (SSSR count). The Balaban J connectivity index is 1.54. The predicted molar refractivity (Wildman–Crippen MR) is 105 cm³/mol. The zero-order chi connectivity index (χ0) is 18.1. The van der Waals surface area contributed by atoms with Gasteiger partial charge in [0.05, 0.1) is 5.70 Å². The molecule has 0 bridgehead atoms. The molecule has 0 aliphatic carbocycles. The van der Waals surface area contributed by atoms with Gasteiger partial charge in [0, 0.05) is 48.3 Å². The lowest BCUT2D eigenvalue weighted by atomic mass is 10.1. The van der Waals surface area contributed by atoms with E-state index in [9.17, 15) is 0 Å². The molecule has 6 nitrogen and oxygen atoms in total. The Kier molecular flexibility index (Phi) is 4.26. The second-order valence-corrected chi connectivity index (χ2v) is 6.79. The lowest BCUT2D eigenvalue weighted by molar-refractivity contribution is 0.258. The zero-order valence-corrected chi connectivity index (χ0v) is 15.1. The molecule has 0 saturated carbocycles. The number of nitrogens with two attached hydrogens (primary N) is 1. The van der Waals surface area contributed by atoms with E-state index in [0.717, 1.165) is 46.6 Å². The van der Waals surface area contributed by atoms with Crippen LogP contribution in [0.25, 0.3) is 10.8 Å². The molecule has 3 heterocycles. The van der Waals surface area contributed by atoms with Crippen molar-refractivity contribution in [2.45, 2.75) is 0 Å². The SMILES string of the molecule is CN(C)CCN1C=CC2=C(Nc3ccc4c(N)nccc4c3)COC2=C1. The number of likely N-dealkylation sites (N-methyl/N-ethyl adjacent to an activating group) is 1. The fourth-order valence-corrected chi connectivity index (χ4v) is 3.12. The Morgan fingerprint density at radius 1 is 1.31 bits per heavy atom. The first kappa shape index (κ1) is 16.5. The molecule has 0 atom stereocenters. The molecule has 26 heavy (non-hydrogen) atoms. The van der Waals surface area contributed by atoms with Crippen LogP contribution in [0.2, 0.25) is 0 Å². The zero-order valence-electron chi connectivity index (χ0n) is 15.1. The largest absolute Gasteiger partial charge is 0.485 e. The van der Waals surface area contributed by atoms with Crippen LogP contribution in [0.4, 0.5) is 11.5 Å². The van der Waals surface area contributed by atoms with Crippen molar-refractivity contribution in [3.8, 4) is 0 Å². The van der Waals surface area contributed by atoms with Gasteiger partial charge in [-0.25, -0.2) is 4.98 Å². The van der Waals surface area contributed by atoms with Gasteiger partial charge in [-0.1, -0.05) is 0 Å². The van der Waals surface area contributed by atoms with Gasteiger partial charge in [0.25, 0.3) is 0 Å². The summed E-state index contributed by atoms with van der Waals surface area (Å²) in [7, 11) is 4.15. The summed E-state index contributed by atoms with van der Waals surface area (Å²) in [5, 5.41) is 5.52. The summed E-state index contributed by atoms with van der Waals surface area (Å²) in [6.07, 6.45) is 8.02. The fourth-order valence-electron chi connectivity index (χ4n) is 3.12. The van der Waals surface area contributed by atoms with Crippen LogP contribution in [0.15, 0.2) is 66.0 Å². The van der Waals surface area contributed by atoms with E-state index in [-0.39, 0.29) is 0 Å². The van der Waals surface area contributed by atoms with Gasteiger partial charge in [-0.2, -0.15) is 0 Å². The van der Waals surface area contributed by atoms with Crippen LogP contribution in [0.1, 0.15) is 0 Å². The number of hydrogen-bond acceptors (Lipinski definition) is 6. The number of hydrogen-bond donors (Lipinski definition) is 2. The quantitative estimate of drug-likeness (QED) is 0.865. The smallest absolute Gasteiger partial charge is 0.145 e. The van der Waals surface area contributed by atoms with Crippen LogP contribution in [0.3, 0.4) is 0 Å². The second kappa shape index (κ2) is 6.72. The average molecular weight is 349 g/mol. The number of anilines is 2. The third-order valence-corrected chi connectivity index (χ3v) is 4.57. The molecule has 0 spiro atoms. The summed E-state index contributed by atoms with van der Waals surface area (Å²) in [4.78, 5) is 8.46. The van der Waals surface area contributed by atoms with Gasteiger partial charge in [0.15, 0.2) is 0 Å². The topological polar surface area (TPSA) is 66.7 Å². The van der Waals surface area contributed by atoms with Gasteiger partial charge in [-0.15, -0.1) is 0 Å². The van der Waals surface area contributed by atoms with Gasteiger partial charge in [0.2, 0.25) is 0 Å². The van der Waals surface area contributed by atoms with Gasteiger partial charge >= 0.3 is 0 Å². The van der Waals surface area contributed by atoms with Crippen molar-refractivity contribution >= 4 is 22.3 Å². The van der Waals surface area contributed by atoms with Gasteiger partial charge in [-0.3, -0.25) is 0 Å². The number of nitrogens with one attached hydrogen (secondary N) is 1. The maximum atomic E-state index is 5.93. The van der Waals surface area contributed by atoms with Crippen LogP contribution in [0, 0.1) is 0 Å². The second-order valence-electron chi connectivity index (χ2n) is 6.79. The minimum absolute atomic E-state index is 0.545. The number of rotatable bonds is 5. The highest BCUT2D eigenvalue weighted by Gasteiger charge is 2.23. The molecule has 0 saturated heterocycles. The molecule has 2 aromatic rings. The summed E-state index contributed by atoms with van der Waals surface area (Å²) < 4.78 is 5.87. The molecule has 6 heteroatoms. The number of aromatic nitrogens is 1. The van der Waals surface area contributed by atoms with E-state index < -0.39 is 0 Å². The van der Waals surface area contributed by atoms with Crippen molar-refractivity contribution in [1.82, 2.24) is 14.8 Å². The number of allylic oxidation sites excluding steroid dienone is 1. The number of benzene rings is 1. The standard InChI is InChI=1S/C20H23N5O/c1-24(2)9-10-25-8-6-17-18(13-26-19(17)12-25)23-15-3-4-16-14(11-15)5-7-22-20(16)21/h3-8,11-12,23H,9-10,13H2,1-2H3,(H2,21,22). The highest BCUT2D eigenvalue weighted by atomic mass is 16.5. The molecule has 0 amide bonds. The summed E-state index contributed by atoms with van der Waals surface area (Å²) in [5.41, 5.74) is 9.12. The molecule has 0 unspecified atom stereocenters. The lowest BCUT2D eigenvalue weighted by Crippen LogP contribution is -2.26. The van der Waals surface area contributed by atoms with Gasteiger partial charge in [0.1, 0.15) is 18.2 Å². The Labute approximate surface area is 153 Å². The van der Waals surface area contributed by atoms with E-state index in [2.05, 4.69) is 58.7 Å². The van der Waals surface area contributed by atoms with Crippen molar-refractivity contribution in [1.29, 1.82) is 0 Å².